The average Bonchev–Trinajstić information content (AvgIpc) is 3.67. The van der Waals surface area contributed by atoms with Crippen LogP contribution in [-0.4, -0.2) is 4.57 Å². The molecule has 0 amide bonds. The molecule has 0 saturated heterocycles. The quantitative estimate of drug-likeness (QED) is 0.150. The van der Waals surface area contributed by atoms with E-state index in [4.69, 9.17) is 0 Å². The topological polar surface area (TPSA) is 8.17 Å². The third-order valence-corrected chi connectivity index (χ3v) is 11.8. The van der Waals surface area contributed by atoms with Gasteiger partial charge in [-0.3, -0.25) is 0 Å². The van der Waals surface area contributed by atoms with Crippen LogP contribution in [0, 0.1) is 0 Å². The smallest absolute Gasteiger partial charge is 0.0541 e. The number of benzene rings is 10. The van der Waals surface area contributed by atoms with Crippen LogP contribution in [-0.2, 0) is 0 Å². The third kappa shape index (κ3) is 6.23. The van der Waals surface area contributed by atoms with Gasteiger partial charge in [0.25, 0.3) is 0 Å². The van der Waals surface area contributed by atoms with Crippen LogP contribution < -0.4 is 4.90 Å². The average molecular weight is 765 g/mol. The van der Waals surface area contributed by atoms with Crippen LogP contribution in [0.1, 0.15) is 0 Å². The van der Waals surface area contributed by atoms with Crippen molar-refractivity contribution in [1.82, 2.24) is 4.57 Å². The fraction of sp³-hybridized carbons (Fsp3) is 0. The van der Waals surface area contributed by atoms with Gasteiger partial charge in [-0.05, 0) is 110 Å². The molecule has 2 heteroatoms. The second-order valence-electron chi connectivity index (χ2n) is 15.3. The molecule has 282 valence electrons. The Morgan fingerprint density at radius 2 is 0.800 bits per heavy atom. The van der Waals surface area contributed by atoms with Crippen molar-refractivity contribution in [3.05, 3.63) is 243 Å². The first-order chi connectivity index (χ1) is 29.8. The SMILES string of the molecule is c1ccc(-c2ccccc2-c2ccccc2-c2ccccc2N(c2ccc(-n3c4ccccc4c4ccccc43)cc2)c2cccc(-c3ccc4ccccc4c3)c2)cc1. The lowest BCUT2D eigenvalue weighted by Crippen LogP contribution is -2.11. The molecular formula is C58H40N2. The number of hydrogen-bond donors (Lipinski definition) is 0. The summed E-state index contributed by atoms with van der Waals surface area (Å²) in [5, 5.41) is 4.98. The minimum absolute atomic E-state index is 1.07. The van der Waals surface area contributed by atoms with Crippen LogP contribution in [0.3, 0.4) is 0 Å². The van der Waals surface area contributed by atoms with Gasteiger partial charge in [0.15, 0.2) is 0 Å². The molecule has 60 heavy (non-hydrogen) atoms. The van der Waals surface area contributed by atoms with Gasteiger partial charge in [-0.25, -0.2) is 0 Å². The van der Waals surface area contributed by atoms with E-state index in [0.717, 1.165) is 28.3 Å². The molecule has 1 aromatic heterocycles. The Morgan fingerprint density at radius 3 is 1.52 bits per heavy atom. The fourth-order valence-electron chi connectivity index (χ4n) is 9.01. The second-order valence-corrected chi connectivity index (χ2v) is 15.3. The number of fused-ring (bicyclic) bond motifs is 4. The lowest BCUT2D eigenvalue weighted by Gasteiger charge is -2.29. The first-order valence-corrected chi connectivity index (χ1v) is 20.6. The predicted molar refractivity (Wildman–Crippen MR) is 255 cm³/mol. The summed E-state index contributed by atoms with van der Waals surface area (Å²) in [6, 6.07) is 87.9. The Balaban J connectivity index is 1.10. The van der Waals surface area contributed by atoms with Gasteiger partial charge < -0.3 is 9.47 Å². The first-order valence-electron chi connectivity index (χ1n) is 20.6. The minimum atomic E-state index is 1.07. The standard InChI is InChI=1S/C58H40N2/c1-2-18-42(19-3-1)49-23-6-7-24-50(49)51-25-8-9-26-52(51)53-27-10-13-30-56(53)59(48-22-16-21-44(40-48)45-34-33-41-17-4-5-20-43(41)39-45)46-35-37-47(38-36-46)60-57-31-14-11-28-54(57)55-29-12-15-32-58(55)60/h1-40H. The zero-order valence-corrected chi connectivity index (χ0v) is 33.0. The van der Waals surface area contributed by atoms with Crippen LogP contribution in [0.4, 0.5) is 17.1 Å². The number of rotatable bonds is 8. The summed E-state index contributed by atoms with van der Waals surface area (Å²) in [4.78, 5) is 2.43. The van der Waals surface area contributed by atoms with Crippen LogP contribution in [0.5, 0.6) is 0 Å². The molecule has 0 aliphatic rings. The Labute approximate surface area is 350 Å². The van der Waals surface area contributed by atoms with Crippen molar-refractivity contribution in [3.63, 3.8) is 0 Å². The summed E-state index contributed by atoms with van der Waals surface area (Å²) in [5.41, 5.74) is 16.3. The molecule has 11 aromatic rings. The van der Waals surface area contributed by atoms with Crippen molar-refractivity contribution >= 4 is 49.6 Å². The van der Waals surface area contributed by atoms with E-state index in [1.807, 2.05) is 0 Å². The zero-order chi connectivity index (χ0) is 39.8. The number of anilines is 3. The molecule has 0 fully saturated rings. The molecule has 0 unspecified atom stereocenters. The van der Waals surface area contributed by atoms with E-state index in [1.54, 1.807) is 0 Å². The summed E-state index contributed by atoms with van der Waals surface area (Å²) >= 11 is 0. The number of aromatic nitrogens is 1. The van der Waals surface area contributed by atoms with Gasteiger partial charge in [0.05, 0.1) is 16.7 Å². The Hall–Kier alpha value is -7.94. The van der Waals surface area contributed by atoms with E-state index in [-0.39, 0.29) is 0 Å². The maximum Gasteiger partial charge on any atom is 0.0541 e. The summed E-state index contributed by atoms with van der Waals surface area (Å²) < 4.78 is 2.38. The van der Waals surface area contributed by atoms with Gasteiger partial charge in [0.2, 0.25) is 0 Å². The lowest BCUT2D eigenvalue weighted by atomic mass is 9.88. The van der Waals surface area contributed by atoms with E-state index in [0.29, 0.717) is 0 Å². The highest BCUT2D eigenvalue weighted by Crippen LogP contribution is 2.46. The van der Waals surface area contributed by atoms with Crippen molar-refractivity contribution in [1.29, 1.82) is 0 Å². The maximum absolute atomic E-state index is 2.43. The highest BCUT2D eigenvalue weighted by atomic mass is 15.1. The summed E-state index contributed by atoms with van der Waals surface area (Å²) in [7, 11) is 0. The summed E-state index contributed by atoms with van der Waals surface area (Å²) in [6.45, 7) is 0. The molecule has 0 aliphatic carbocycles. The van der Waals surface area contributed by atoms with Crippen LogP contribution >= 0.6 is 0 Å². The molecule has 1 heterocycles. The Bertz CT molecular complexity index is 3270. The Morgan fingerprint density at radius 1 is 0.283 bits per heavy atom. The molecular weight excluding hydrogens is 725 g/mol. The van der Waals surface area contributed by atoms with Crippen molar-refractivity contribution in [2.75, 3.05) is 4.90 Å². The van der Waals surface area contributed by atoms with E-state index in [2.05, 4.69) is 252 Å². The predicted octanol–water partition coefficient (Wildman–Crippen LogP) is 16.1. The lowest BCUT2D eigenvalue weighted by molar-refractivity contribution is 1.17. The normalized spacial score (nSPS) is 11.3. The van der Waals surface area contributed by atoms with Crippen molar-refractivity contribution in [2.24, 2.45) is 0 Å². The van der Waals surface area contributed by atoms with Crippen molar-refractivity contribution < 1.29 is 0 Å². The summed E-state index contributed by atoms with van der Waals surface area (Å²) in [5.74, 6) is 0. The Kier molecular flexibility index (Phi) is 8.87. The summed E-state index contributed by atoms with van der Waals surface area (Å²) in [6.07, 6.45) is 0. The number of hydrogen-bond acceptors (Lipinski definition) is 1. The molecule has 0 N–H and O–H groups in total. The highest BCUT2D eigenvalue weighted by Gasteiger charge is 2.21. The molecule has 0 atom stereocenters. The fourth-order valence-corrected chi connectivity index (χ4v) is 9.01. The van der Waals surface area contributed by atoms with Gasteiger partial charge in [-0.1, -0.05) is 182 Å². The molecule has 10 aromatic carbocycles. The molecule has 11 rings (SSSR count). The van der Waals surface area contributed by atoms with Crippen molar-refractivity contribution in [3.8, 4) is 50.2 Å². The largest absolute Gasteiger partial charge is 0.310 e. The van der Waals surface area contributed by atoms with Crippen molar-refractivity contribution in [2.45, 2.75) is 0 Å². The van der Waals surface area contributed by atoms with Gasteiger partial charge in [-0.15, -0.1) is 0 Å². The van der Waals surface area contributed by atoms with E-state index in [9.17, 15) is 0 Å². The number of nitrogens with zero attached hydrogens (tertiary/aromatic N) is 2. The molecule has 2 nitrogen and oxygen atoms in total. The molecule has 0 spiro atoms. The second kappa shape index (κ2) is 15.1. The van der Waals surface area contributed by atoms with Crippen LogP contribution in [0.25, 0.3) is 82.8 Å². The van der Waals surface area contributed by atoms with Gasteiger partial charge in [-0.2, -0.15) is 0 Å². The molecule has 0 radical (unpaired) electrons. The van der Waals surface area contributed by atoms with Gasteiger partial charge in [0, 0.05) is 33.4 Å². The van der Waals surface area contributed by atoms with E-state index in [1.165, 1.54) is 71.5 Å². The molecule has 0 saturated carbocycles. The van der Waals surface area contributed by atoms with E-state index < -0.39 is 0 Å². The maximum atomic E-state index is 2.43. The minimum Gasteiger partial charge on any atom is -0.310 e. The first kappa shape index (κ1) is 35.2. The van der Waals surface area contributed by atoms with Gasteiger partial charge >= 0.3 is 0 Å². The third-order valence-electron chi connectivity index (χ3n) is 11.8. The van der Waals surface area contributed by atoms with Crippen LogP contribution in [0.15, 0.2) is 243 Å². The molecule has 0 bridgehead atoms. The van der Waals surface area contributed by atoms with E-state index >= 15 is 0 Å². The van der Waals surface area contributed by atoms with Gasteiger partial charge in [0.1, 0.15) is 0 Å². The molecule has 0 aliphatic heterocycles. The monoisotopic (exact) mass is 764 g/mol. The number of para-hydroxylation sites is 3. The van der Waals surface area contributed by atoms with Crippen LogP contribution in [0.2, 0.25) is 0 Å². The highest BCUT2D eigenvalue weighted by molar-refractivity contribution is 6.09. The zero-order valence-electron chi connectivity index (χ0n) is 33.0.